The number of hydrogen-bond donors (Lipinski definition) is 0. The normalized spacial score (nSPS) is 11.5. The van der Waals surface area contributed by atoms with Crippen molar-refractivity contribution in [3.63, 3.8) is 0 Å². The molecule has 54 valence electrons. The molecule has 1 heterocycles. The van der Waals surface area contributed by atoms with E-state index in [1.165, 1.54) is 5.32 Å². The van der Waals surface area contributed by atoms with Gasteiger partial charge in [-0.1, -0.05) is 71.5 Å². The van der Waals surface area contributed by atoms with Crippen molar-refractivity contribution in [2.24, 2.45) is 0 Å². The zero-order valence-electron chi connectivity index (χ0n) is 4.89. The first kappa shape index (κ1) is 9.64. The number of aromatic nitrogens is 1. The van der Waals surface area contributed by atoms with Gasteiger partial charge < -0.3 is 0 Å². The van der Waals surface area contributed by atoms with Crippen LogP contribution < -0.4 is 5.32 Å². The van der Waals surface area contributed by atoms with E-state index in [2.05, 4.69) is 76.4 Å². The van der Waals surface area contributed by atoms with Gasteiger partial charge in [0.1, 0.15) is 0 Å². The van der Waals surface area contributed by atoms with Gasteiger partial charge in [-0.2, -0.15) is 0 Å². The number of pyridine rings is 1. The van der Waals surface area contributed by atoms with E-state index in [9.17, 15) is 0 Å². The van der Waals surface area contributed by atoms with Crippen molar-refractivity contribution in [3.8, 4) is 0 Å². The Morgan fingerprint density at radius 2 is 1.90 bits per heavy atom. The zero-order chi connectivity index (χ0) is 7.61. The van der Waals surface area contributed by atoms with Crippen LogP contribution in [-0.4, -0.2) is 5.55 Å². The van der Waals surface area contributed by atoms with Crippen molar-refractivity contribution >= 4 is 71.3 Å². The summed E-state index contributed by atoms with van der Waals surface area (Å²) in [7, 11) is 0. The molecular formula is C5H4I3NSi. The lowest BCUT2D eigenvalue weighted by atomic mass is 10.5. The van der Waals surface area contributed by atoms with Crippen molar-refractivity contribution in [1.29, 1.82) is 0 Å². The molecule has 1 aromatic heterocycles. The number of rotatable bonds is 1. The third-order valence-corrected chi connectivity index (χ3v) is 6.81. The molecule has 0 aliphatic heterocycles. The topological polar surface area (TPSA) is 12.9 Å². The lowest BCUT2D eigenvalue weighted by Crippen LogP contribution is -2.30. The third kappa shape index (κ3) is 2.89. The molecule has 0 saturated heterocycles. The molecule has 0 atom stereocenters. The highest BCUT2D eigenvalue weighted by Crippen LogP contribution is 2.27. The second kappa shape index (κ2) is 3.98. The highest BCUT2D eigenvalue weighted by molar-refractivity contribution is 14.4. The fraction of sp³-hybridized carbons (Fsp3) is 0. The van der Waals surface area contributed by atoms with Gasteiger partial charge in [-0.15, -0.1) is 0 Å². The molecular weight excluding hydrogens is 483 g/mol. The van der Waals surface area contributed by atoms with Crippen LogP contribution >= 0.6 is 65.4 Å². The Morgan fingerprint density at radius 3 is 2.20 bits per heavy atom. The largest absolute Gasteiger partial charge is 0.301 e. The summed E-state index contributed by atoms with van der Waals surface area (Å²) in [5.74, 6) is 0. The van der Waals surface area contributed by atoms with Crippen LogP contribution in [0.1, 0.15) is 0 Å². The predicted molar refractivity (Wildman–Crippen MR) is 71.7 cm³/mol. The van der Waals surface area contributed by atoms with Crippen molar-refractivity contribution in [2.45, 2.75) is 0 Å². The summed E-state index contributed by atoms with van der Waals surface area (Å²) in [5.41, 5.74) is 0. The minimum absolute atomic E-state index is 1.23. The van der Waals surface area contributed by atoms with Crippen LogP contribution in [0.25, 0.3) is 0 Å². The number of halogens is 3. The summed E-state index contributed by atoms with van der Waals surface area (Å²) in [5, 5.41) is 1.25. The first-order chi connectivity index (χ1) is 4.61. The molecule has 0 aliphatic carbocycles. The maximum absolute atomic E-state index is 4.29. The van der Waals surface area contributed by atoms with E-state index in [-0.39, 0.29) is 0 Å². The molecule has 0 fully saturated rings. The number of hydrogen-bond acceptors (Lipinski definition) is 1. The average Bonchev–Trinajstić information content (AvgIpc) is 1.88. The minimum Gasteiger partial charge on any atom is -0.263 e. The van der Waals surface area contributed by atoms with Crippen LogP contribution in [0.3, 0.4) is 0 Å². The zero-order valence-corrected chi connectivity index (χ0v) is 12.4. The Balaban J connectivity index is 2.97. The van der Waals surface area contributed by atoms with E-state index in [0.29, 0.717) is 0 Å². The van der Waals surface area contributed by atoms with Crippen LogP contribution in [-0.2, 0) is 0 Å². The van der Waals surface area contributed by atoms with Crippen molar-refractivity contribution < 1.29 is 0 Å². The smallest absolute Gasteiger partial charge is 0.263 e. The standard InChI is InChI=1S/C5H4I3NSi/c6-10(7,8)5-3-1-2-4-9-5/h1-4H. The molecule has 0 unspecified atom stereocenters. The molecule has 0 aliphatic rings. The lowest BCUT2D eigenvalue weighted by molar-refractivity contribution is 1.39. The van der Waals surface area contributed by atoms with Gasteiger partial charge in [0.15, 0.2) is 0 Å². The van der Waals surface area contributed by atoms with Gasteiger partial charge in [0, 0.05) is 6.20 Å². The molecule has 1 aromatic rings. The second-order valence-electron chi connectivity index (χ2n) is 1.71. The Bertz CT molecular complexity index is 208. The molecule has 0 spiro atoms. The Hall–Kier alpha value is 1.56. The lowest BCUT2D eigenvalue weighted by Gasteiger charge is -2.06. The van der Waals surface area contributed by atoms with E-state index < -0.39 is 0.564 Å². The summed E-state index contributed by atoms with van der Waals surface area (Å²) in [4.78, 5) is 4.29. The summed E-state index contributed by atoms with van der Waals surface area (Å²) < 4.78 is -1.23. The number of nitrogens with zero attached hydrogens (tertiary/aromatic N) is 1. The Morgan fingerprint density at radius 1 is 1.20 bits per heavy atom. The molecule has 0 amide bonds. The quantitative estimate of drug-likeness (QED) is 0.338. The maximum atomic E-state index is 4.29. The highest BCUT2D eigenvalue weighted by atomic mass is 127. The first-order valence-corrected chi connectivity index (χ1v) is 13.9. The van der Waals surface area contributed by atoms with Crippen LogP contribution in [0.15, 0.2) is 24.4 Å². The molecule has 1 rings (SSSR count). The van der Waals surface area contributed by atoms with Gasteiger partial charge in [-0.05, 0) is 12.1 Å². The molecule has 0 N–H and O–H groups in total. The van der Waals surface area contributed by atoms with E-state index in [0.717, 1.165) is 0 Å². The second-order valence-corrected chi connectivity index (χ2v) is 36.4. The van der Waals surface area contributed by atoms with Gasteiger partial charge in [-0.25, -0.2) is 0 Å². The molecule has 10 heavy (non-hydrogen) atoms. The van der Waals surface area contributed by atoms with Crippen molar-refractivity contribution in [1.82, 2.24) is 4.98 Å². The van der Waals surface area contributed by atoms with Crippen LogP contribution in [0.5, 0.6) is 0 Å². The van der Waals surface area contributed by atoms with E-state index in [4.69, 9.17) is 0 Å². The fourth-order valence-electron chi connectivity index (χ4n) is 0.530. The molecule has 0 saturated carbocycles. The molecule has 0 aromatic carbocycles. The van der Waals surface area contributed by atoms with Gasteiger partial charge in [-0.3, -0.25) is 4.98 Å². The van der Waals surface area contributed by atoms with E-state index in [1.54, 1.807) is 0 Å². The average molecular weight is 487 g/mol. The highest BCUT2D eigenvalue weighted by Gasteiger charge is 2.25. The van der Waals surface area contributed by atoms with E-state index in [1.807, 2.05) is 18.3 Å². The van der Waals surface area contributed by atoms with Crippen LogP contribution in [0, 0.1) is 0 Å². The van der Waals surface area contributed by atoms with Crippen molar-refractivity contribution in [3.05, 3.63) is 24.4 Å². The molecule has 0 radical (unpaired) electrons. The monoisotopic (exact) mass is 487 g/mol. The summed E-state index contributed by atoms with van der Waals surface area (Å²) in [6, 6.07) is 6.09. The SMILES string of the molecule is I[Si](I)(I)c1ccccn1. The minimum atomic E-state index is -1.23. The molecule has 0 bridgehead atoms. The van der Waals surface area contributed by atoms with Crippen LogP contribution in [0.4, 0.5) is 0 Å². The van der Waals surface area contributed by atoms with Crippen molar-refractivity contribution in [2.75, 3.05) is 0 Å². The Kier molecular flexibility index (Phi) is 3.84. The van der Waals surface area contributed by atoms with Crippen LogP contribution in [0.2, 0.25) is 0 Å². The summed E-state index contributed by atoms with van der Waals surface area (Å²) >= 11 is 7.48. The molecule has 1 nitrogen and oxygen atoms in total. The van der Waals surface area contributed by atoms with Gasteiger partial charge >= 0.3 is 0.564 Å². The third-order valence-electron chi connectivity index (χ3n) is 0.955. The summed E-state index contributed by atoms with van der Waals surface area (Å²) in [6.07, 6.45) is 1.85. The Labute approximate surface area is 99.0 Å². The fourth-order valence-corrected chi connectivity index (χ4v) is 3.91. The van der Waals surface area contributed by atoms with Gasteiger partial charge in [0.2, 0.25) is 0 Å². The first-order valence-electron chi connectivity index (χ1n) is 2.59. The van der Waals surface area contributed by atoms with Gasteiger partial charge in [0.05, 0.1) is 5.32 Å². The predicted octanol–water partition coefficient (Wildman–Crippen LogP) is 2.53. The van der Waals surface area contributed by atoms with E-state index >= 15 is 0 Å². The maximum Gasteiger partial charge on any atom is 0.301 e. The van der Waals surface area contributed by atoms with Gasteiger partial charge in [0.25, 0.3) is 0 Å². The molecule has 5 heteroatoms. The summed E-state index contributed by atoms with van der Waals surface area (Å²) in [6.45, 7) is 0.